The quantitative estimate of drug-likeness (QED) is 0.646. The first-order valence-electron chi connectivity index (χ1n) is 7.57. The highest BCUT2D eigenvalue weighted by atomic mass is 32.2. The molecular weight excluding hydrogens is 304 g/mol. The molecule has 0 unspecified atom stereocenters. The normalized spacial score (nSPS) is 18.7. The monoisotopic (exact) mass is 326 g/mol. The Morgan fingerprint density at radius 1 is 1.23 bits per heavy atom. The first kappa shape index (κ1) is 15.4. The van der Waals surface area contributed by atoms with Crippen molar-refractivity contribution in [2.75, 3.05) is 35.6 Å². The molecule has 0 amide bonds. The van der Waals surface area contributed by atoms with E-state index in [0.29, 0.717) is 5.95 Å². The fourth-order valence-corrected chi connectivity index (χ4v) is 3.24. The maximum absolute atomic E-state index is 11.1. The second-order valence-corrected chi connectivity index (χ2v) is 7.70. The van der Waals surface area contributed by atoms with Gasteiger partial charge in [-0.25, -0.2) is 18.5 Å². The number of hydrogen-bond donors (Lipinski definition) is 3. The average molecular weight is 326 g/mol. The van der Waals surface area contributed by atoms with Crippen molar-refractivity contribution in [3.63, 3.8) is 0 Å². The van der Waals surface area contributed by atoms with Gasteiger partial charge in [-0.2, -0.15) is 4.98 Å². The van der Waals surface area contributed by atoms with Crippen LogP contribution in [0.1, 0.15) is 24.1 Å². The third kappa shape index (κ3) is 3.47. The summed E-state index contributed by atoms with van der Waals surface area (Å²) in [4.78, 5) is 11.3. The topological polar surface area (TPSA) is 127 Å². The second-order valence-electron chi connectivity index (χ2n) is 5.96. The fourth-order valence-electron chi connectivity index (χ4n) is 2.86. The van der Waals surface area contributed by atoms with Crippen LogP contribution in [-0.2, 0) is 22.9 Å². The number of nitrogens with one attached hydrogen (secondary N) is 1. The van der Waals surface area contributed by atoms with Gasteiger partial charge >= 0.3 is 0 Å². The van der Waals surface area contributed by atoms with Gasteiger partial charge < -0.3 is 16.0 Å². The molecule has 0 radical (unpaired) electrons. The van der Waals surface area contributed by atoms with E-state index in [1.165, 1.54) is 0 Å². The number of nitrogens with two attached hydrogens (primary N) is 2. The van der Waals surface area contributed by atoms with Crippen molar-refractivity contribution < 1.29 is 8.42 Å². The zero-order chi connectivity index (χ0) is 15.7. The minimum Gasteiger partial charge on any atom is -0.369 e. The Morgan fingerprint density at radius 2 is 1.95 bits per heavy atom. The number of nitrogens with zero attached hydrogens (tertiary/aromatic N) is 3. The Kier molecular flexibility index (Phi) is 4.20. The third-order valence-corrected chi connectivity index (χ3v) is 4.82. The predicted octanol–water partition coefficient (Wildman–Crippen LogP) is -0.797. The van der Waals surface area contributed by atoms with E-state index in [-0.39, 0.29) is 18.3 Å². The van der Waals surface area contributed by atoms with Crippen LogP contribution in [0.25, 0.3) is 0 Å². The second kappa shape index (κ2) is 5.98. The maximum Gasteiger partial charge on any atom is 0.227 e. The summed E-state index contributed by atoms with van der Waals surface area (Å²) in [5.74, 6) is 1.31. The van der Waals surface area contributed by atoms with Crippen molar-refractivity contribution in [1.29, 1.82) is 0 Å². The Hall–Kier alpha value is -1.45. The van der Waals surface area contributed by atoms with Crippen LogP contribution >= 0.6 is 0 Å². The molecule has 1 aromatic rings. The van der Waals surface area contributed by atoms with E-state index in [1.807, 2.05) is 4.90 Å². The lowest BCUT2D eigenvalue weighted by molar-refractivity contribution is 0.506. The van der Waals surface area contributed by atoms with Crippen molar-refractivity contribution in [3.05, 3.63) is 11.3 Å². The molecule has 8 nitrogen and oxygen atoms in total. The van der Waals surface area contributed by atoms with Crippen LogP contribution in [0.15, 0.2) is 0 Å². The molecule has 5 N–H and O–H groups in total. The number of primary sulfonamides is 1. The van der Waals surface area contributed by atoms with Crippen LogP contribution < -0.4 is 21.1 Å². The van der Waals surface area contributed by atoms with Crippen molar-refractivity contribution in [3.8, 4) is 0 Å². The molecule has 0 spiro atoms. The van der Waals surface area contributed by atoms with Gasteiger partial charge in [0.2, 0.25) is 16.0 Å². The van der Waals surface area contributed by atoms with Crippen LogP contribution in [0, 0.1) is 0 Å². The van der Waals surface area contributed by atoms with E-state index in [1.54, 1.807) is 0 Å². The van der Waals surface area contributed by atoms with Crippen molar-refractivity contribution in [2.45, 2.75) is 31.7 Å². The van der Waals surface area contributed by atoms with Crippen molar-refractivity contribution >= 4 is 21.8 Å². The molecular formula is C13H22N6O2S. The summed E-state index contributed by atoms with van der Waals surface area (Å²) in [5.41, 5.74) is 7.99. The summed E-state index contributed by atoms with van der Waals surface area (Å²) < 4.78 is 22.1. The van der Waals surface area contributed by atoms with Gasteiger partial charge in [0.05, 0.1) is 11.4 Å². The van der Waals surface area contributed by atoms with Gasteiger partial charge in [0, 0.05) is 31.2 Å². The highest BCUT2D eigenvalue weighted by Gasteiger charge is 2.27. The Bertz CT molecular complexity index is 657. The van der Waals surface area contributed by atoms with Gasteiger partial charge in [-0.3, -0.25) is 0 Å². The van der Waals surface area contributed by atoms with Crippen LogP contribution in [0.3, 0.4) is 0 Å². The Labute approximate surface area is 130 Å². The van der Waals surface area contributed by atoms with E-state index in [2.05, 4.69) is 15.3 Å². The minimum atomic E-state index is -3.48. The number of sulfonamides is 1. The number of aromatic nitrogens is 2. The summed E-state index contributed by atoms with van der Waals surface area (Å²) in [6.07, 6.45) is 4.09. The van der Waals surface area contributed by atoms with Crippen LogP contribution in [0.2, 0.25) is 0 Å². The molecule has 0 atom stereocenters. The molecule has 0 bridgehead atoms. The van der Waals surface area contributed by atoms with E-state index >= 15 is 0 Å². The highest BCUT2D eigenvalue weighted by molar-refractivity contribution is 7.89. The molecule has 122 valence electrons. The van der Waals surface area contributed by atoms with E-state index < -0.39 is 10.0 Å². The average Bonchev–Trinajstić information content (AvgIpc) is 2.42. The van der Waals surface area contributed by atoms with Gasteiger partial charge in [0.15, 0.2) is 0 Å². The molecule has 3 rings (SSSR count). The summed E-state index contributed by atoms with van der Waals surface area (Å²) in [6, 6.07) is 0.179. The molecule has 2 heterocycles. The number of aryl methyl sites for hydroxylation is 1. The molecule has 1 aromatic heterocycles. The van der Waals surface area contributed by atoms with Gasteiger partial charge in [-0.15, -0.1) is 0 Å². The maximum atomic E-state index is 11.1. The van der Waals surface area contributed by atoms with Crippen LogP contribution in [0.5, 0.6) is 0 Å². The minimum absolute atomic E-state index is 0.115. The summed E-state index contributed by atoms with van der Waals surface area (Å²) in [5, 5.41) is 8.15. The lowest BCUT2D eigenvalue weighted by atomic mass is 9.96. The molecule has 1 saturated heterocycles. The molecule has 1 fully saturated rings. The standard InChI is InChI=1S/C13H22N6O2S/c14-9-7-19(8-9)13-17-11-4-2-1-3-10(11)12(18-13)16-5-6-22(15,20)21/h9H,1-8,14H2,(H2,15,20,21)(H,16,17,18). The smallest absolute Gasteiger partial charge is 0.227 e. The molecule has 0 aromatic carbocycles. The van der Waals surface area contributed by atoms with Gasteiger partial charge in [-0.1, -0.05) is 0 Å². The van der Waals surface area contributed by atoms with Gasteiger partial charge in [0.1, 0.15) is 5.82 Å². The fraction of sp³-hybridized carbons (Fsp3) is 0.692. The van der Waals surface area contributed by atoms with Gasteiger partial charge in [0.25, 0.3) is 0 Å². The van der Waals surface area contributed by atoms with Crippen molar-refractivity contribution in [2.24, 2.45) is 10.9 Å². The predicted molar refractivity (Wildman–Crippen MR) is 85.3 cm³/mol. The van der Waals surface area contributed by atoms with E-state index in [0.717, 1.165) is 55.8 Å². The number of hydrogen-bond acceptors (Lipinski definition) is 7. The number of rotatable bonds is 5. The molecule has 9 heteroatoms. The number of fused-ring (bicyclic) bond motifs is 1. The molecule has 1 aliphatic carbocycles. The molecule has 2 aliphatic rings. The van der Waals surface area contributed by atoms with Crippen molar-refractivity contribution in [1.82, 2.24) is 9.97 Å². The van der Waals surface area contributed by atoms with Gasteiger partial charge in [-0.05, 0) is 25.7 Å². The SMILES string of the molecule is NC1CN(c2nc3c(c(NCCS(N)(=O)=O)n2)CCCC3)C1. The van der Waals surface area contributed by atoms with Crippen LogP contribution in [-0.4, -0.2) is 49.8 Å². The van der Waals surface area contributed by atoms with E-state index in [4.69, 9.17) is 10.9 Å². The largest absolute Gasteiger partial charge is 0.369 e. The molecule has 22 heavy (non-hydrogen) atoms. The summed E-state index contributed by atoms with van der Waals surface area (Å²) >= 11 is 0. The van der Waals surface area contributed by atoms with Crippen LogP contribution in [0.4, 0.5) is 11.8 Å². The molecule has 1 aliphatic heterocycles. The lowest BCUT2D eigenvalue weighted by Gasteiger charge is -2.37. The Balaban J connectivity index is 1.81. The Morgan fingerprint density at radius 3 is 2.64 bits per heavy atom. The lowest BCUT2D eigenvalue weighted by Crippen LogP contribution is -2.56. The highest BCUT2D eigenvalue weighted by Crippen LogP contribution is 2.28. The summed E-state index contributed by atoms with van der Waals surface area (Å²) in [7, 11) is -3.48. The zero-order valence-electron chi connectivity index (χ0n) is 12.5. The van der Waals surface area contributed by atoms with E-state index in [9.17, 15) is 8.42 Å². The first-order chi connectivity index (χ1) is 10.4. The first-order valence-corrected chi connectivity index (χ1v) is 9.28. The summed E-state index contributed by atoms with van der Waals surface area (Å²) in [6.45, 7) is 1.77. The molecule has 0 saturated carbocycles. The zero-order valence-corrected chi connectivity index (χ0v) is 13.3. The third-order valence-electron chi connectivity index (χ3n) is 4.04. The number of anilines is 2.